The molecule has 1 aromatic heterocycles. The quantitative estimate of drug-likeness (QED) is 0.587. The highest BCUT2D eigenvalue weighted by atomic mass is 79.9. The van der Waals surface area contributed by atoms with Gasteiger partial charge in [-0.2, -0.15) is 5.10 Å². The number of nitrogens with zero attached hydrogens (tertiary/aromatic N) is 4. The fraction of sp³-hybridized carbons (Fsp3) is 0.348. The van der Waals surface area contributed by atoms with Crippen LogP contribution in [0.5, 0.6) is 0 Å². The highest BCUT2D eigenvalue weighted by Gasteiger charge is 2.19. The van der Waals surface area contributed by atoms with Gasteiger partial charge in [-0.1, -0.05) is 48.0 Å². The minimum Gasteiger partial charge on any atom is -0.340 e. The number of hydrogen-bond acceptors (Lipinski definition) is 4. The largest absolute Gasteiger partial charge is 0.340 e. The van der Waals surface area contributed by atoms with Crippen molar-refractivity contribution in [2.75, 3.05) is 33.2 Å². The average Bonchev–Trinajstić information content (AvgIpc) is 2.74. The summed E-state index contributed by atoms with van der Waals surface area (Å²) in [6.45, 7) is 5.58. The van der Waals surface area contributed by atoms with Gasteiger partial charge < -0.3 is 9.80 Å². The van der Waals surface area contributed by atoms with Gasteiger partial charge in [0.1, 0.15) is 0 Å². The molecule has 3 aromatic rings. The molecule has 0 atom stereocenters. The zero-order valence-corrected chi connectivity index (χ0v) is 19.1. The van der Waals surface area contributed by atoms with E-state index < -0.39 is 0 Å². The Bertz CT molecular complexity index is 1090. The van der Waals surface area contributed by atoms with Crippen molar-refractivity contribution in [3.05, 3.63) is 64.4 Å². The minimum absolute atomic E-state index is 0. The number of hydrogen-bond donors (Lipinski definition) is 0. The molecule has 0 unspecified atom stereocenters. The van der Waals surface area contributed by atoms with Crippen LogP contribution in [0.15, 0.2) is 53.3 Å². The minimum atomic E-state index is -0.150. The molecule has 6 nitrogen and oxygen atoms in total. The number of likely N-dealkylation sites (N-methyl/N-ethyl adjacent to an activating group) is 1. The number of benzene rings is 2. The maximum Gasteiger partial charge on any atom is 0.274 e. The van der Waals surface area contributed by atoms with Gasteiger partial charge in [0.15, 0.2) is 0 Å². The first-order valence-corrected chi connectivity index (χ1v) is 10.1. The predicted octanol–water partition coefficient (Wildman–Crippen LogP) is 3.11. The Labute approximate surface area is 186 Å². The number of carbonyl (C=O) groups excluding carboxylic acids is 1. The van der Waals surface area contributed by atoms with Crippen molar-refractivity contribution in [2.45, 2.75) is 19.9 Å². The van der Waals surface area contributed by atoms with E-state index in [1.807, 2.05) is 60.4 Å². The summed E-state index contributed by atoms with van der Waals surface area (Å²) in [5.41, 5.74) is 2.75. The van der Waals surface area contributed by atoms with Gasteiger partial charge in [0, 0.05) is 43.5 Å². The molecule has 0 saturated carbocycles. The molecule has 0 N–H and O–H groups in total. The fourth-order valence-electron chi connectivity index (χ4n) is 3.73. The summed E-state index contributed by atoms with van der Waals surface area (Å²) in [4.78, 5) is 29.7. The van der Waals surface area contributed by atoms with Crippen LogP contribution in [0.2, 0.25) is 0 Å². The van der Waals surface area contributed by atoms with Crippen LogP contribution >= 0.6 is 17.0 Å². The SMILES string of the molecule is Br.Cc1ccc(-c2nn(CCC(=O)N3CCN(C)CC3)c(=O)c3ccccc23)cc1. The van der Waals surface area contributed by atoms with E-state index in [1.54, 1.807) is 0 Å². The highest BCUT2D eigenvalue weighted by molar-refractivity contribution is 8.93. The molecule has 4 rings (SSSR count). The van der Waals surface area contributed by atoms with E-state index in [0.29, 0.717) is 5.39 Å². The van der Waals surface area contributed by atoms with Gasteiger partial charge in [0.05, 0.1) is 17.6 Å². The topological polar surface area (TPSA) is 58.4 Å². The Kier molecular flexibility index (Phi) is 7.05. The van der Waals surface area contributed by atoms with Gasteiger partial charge >= 0.3 is 0 Å². The number of halogens is 1. The van der Waals surface area contributed by atoms with Crippen molar-refractivity contribution in [3.63, 3.8) is 0 Å². The highest BCUT2D eigenvalue weighted by Crippen LogP contribution is 2.24. The van der Waals surface area contributed by atoms with Crippen LogP contribution in [0.25, 0.3) is 22.0 Å². The van der Waals surface area contributed by atoms with Crippen molar-refractivity contribution in [2.24, 2.45) is 0 Å². The molecule has 0 bridgehead atoms. The average molecular weight is 471 g/mol. The second kappa shape index (κ2) is 9.53. The third-order valence-corrected chi connectivity index (χ3v) is 5.59. The van der Waals surface area contributed by atoms with Crippen LogP contribution in [0.1, 0.15) is 12.0 Å². The van der Waals surface area contributed by atoms with E-state index in [0.717, 1.165) is 42.8 Å². The monoisotopic (exact) mass is 470 g/mol. The van der Waals surface area contributed by atoms with Crippen molar-refractivity contribution < 1.29 is 4.79 Å². The fourth-order valence-corrected chi connectivity index (χ4v) is 3.73. The molecule has 1 aliphatic rings. The van der Waals surface area contributed by atoms with Crippen LogP contribution in [0.3, 0.4) is 0 Å². The Morgan fingerprint density at radius 1 is 0.967 bits per heavy atom. The first-order valence-electron chi connectivity index (χ1n) is 10.1. The summed E-state index contributed by atoms with van der Waals surface area (Å²) < 4.78 is 1.45. The molecular formula is C23H27BrN4O2. The van der Waals surface area contributed by atoms with Gasteiger partial charge in [-0.3, -0.25) is 9.59 Å². The maximum atomic E-state index is 13.0. The van der Waals surface area contributed by atoms with Crippen molar-refractivity contribution >= 4 is 33.7 Å². The summed E-state index contributed by atoms with van der Waals surface area (Å²) in [5, 5.41) is 6.12. The predicted molar refractivity (Wildman–Crippen MR) is 125 cm³/mol. The number of aryl methyl sites for hydroxylation is 2. The second-order valence-electron chi connectivity index (χ2n) is 7.72. The second-order valence-corrected chi connectivity index (χ2v) is 7.72. The lowest BCUT2D eigenvalue weighted by Gasteiger charge is -2.32. The lowest BCUT2D eigenvalue weighted by atomic mass is 10.0. The van der Waals surface area contributed by atoms with Gasteiger partial charge in [-0.15, -0.1) is 17.0 Å². The number of aromatic nitrogens is 2. The van der Waals surface area contributed by atoms with Crippen LogP contribution < -0.4 is 5.56 Å². The van der Waals surface area contributed by atoms with Gasteiger partial charge in [0.25, 0.3) is 5.56 Å². The lowest BCUT2D eigenvalue weighted by Crippen LogP contribution is -2.47. The third kappa shape index (κ3) is 4.63. The van der Waals surface area contributed by atoms with Crippen LogP contribution in [0, 0.1) is 6.92 Å². The summed E-state index contributed by atoms with van der Waals surface area (Å²) >= 11 is 0. The van der Waals surface area contributed by atoms with Crippen LogP contribution in [0.4, 0.5) is 0 Å². The summed E-state index contributed by atoms with van der Waals surface area (Å²) in [6, 6.07) is 15.7. The molecule has 158 valence electrons. The van der Waals surface area contributed by atoms with Gasteiger partial charge in [-0.25, -0.2) is 4.68 Å². The Morgan fingerprint density at radius 2 is 1.60 bits per heavy atom. The molecular weight excluding hydrogens is 444 g/mol. The van der Waals surface area contributed by atoms with E-state index >= 15 is 0 Å². The number of rotatable bonds is 4. The molecule has 1 amide bonds. The van der Waals surface area contributed by atoms with E-state index in [-0.39, 0.29) is 41.4 Å². The van der Waals surface area contributed by atoms with E-state index in [9.17, 15) is 9.59 Å². The Balaban J connectivity index is 0.00000256. The van der Waals surface area contributed by atoms with Crippen LogP contribution in [-0.4, -0.2) is 58.7 Å². The number of fused-ring (bicyclic) bond motifs is 1. The summed E-state index contributed by atoms with van der Waals surface area (Å²) in [5.74, 6) is 0.0804. The molecule has 1 aliphatic heterocycles. The van der Waals surface area contributed by atoms with E-state index in [1.165, 1.54) is 10.2 Å². The molecule has 1 fully saturated rings. The molecule has 2 heterocycles. The third-order valence-electron chi connectivity index (χ3n) is 5.59. The smallest absolute Gasteiger partial charge is 0.274 e. The molecule has 0 aliphatic carbocycles. The maximum absolute atomic E-state index is 13.0. The first kappa shape index (κ1) is 22.2. The van der Waals surface area contributed by atoms with E-state index in [4.69, 9.17) is 0 Å². The van der Waals surface area contributed by atoms with Gasteiger partial charge in [-0.05, 0) is 20.0 Å². The zero-order chi connectivity index (χ0) is 20.4. The van der Waals surface area contributed by atoms with Crippen LogP contribution in [-0.2, 0) is 11.3 Å². The van der Waals surface area contributed by atoms with Gasteiger partial charge in [0.2, 0.25) is 5.91 Å². The van der Waals surface area contributed by atoms with Crippen molar-refractivity contribution in [1.82, 2.24) is 19.6 Å². The normalized spacial score (nSPS) is 14.5. The summed E-state index contributed by atoms with van der Waals surface area (Å²) in [7, 11) is 2.06. The molecule has 0 spiro atoms. The van der Waals surface area contributed by atoms with E-state index in [2.05, 4.69) is 17.0 Å². The zero-order valence-electron chi connectivity index (χ0n) is 17.4. The molecule has 1 saturated heterocycles. The first-order chi connectivity index (χ1) is 14.0. The number of carbonyl (C=O) groups is 1. The van der Waals surface area contributed by atoms with Crippen molar-refractivity contribution in [3.8, 4) is 11.3 Å². The number of amides is 1. The number of piperazine rings is 1. The molecule has 30 heavy (non-hydrogen) atoms. The Hall–Kier alpha value is -2.51. The standard InChI is InChI=1S/C23H26N4O2.BrH/c1-17-7-9-18(10-8-17)22-19-5-3-4-6-20(19)23(29)27(24-22)12-11-21(28)26-15-13-25(2)14-16-26;/h3-10H,11-16H2,1-2H3;1H. The molecule has 2 aromatic carbocycles. The lowest BCUT2D eigenvalue weighted by molar-refractivity contribution is -0.133. The summed E-state index contributed by atoms with van der Waals surface area (Å²) in [6.07, 6.45) is 0.280. The molecule has 7 heteroatoms. The van der Waals surface area contributed by atoms with Crippen molar-refractivity contribution in [1.29, 1.82) is 0 Å². The molecule has 0 radical (unpaired) electrons. The Morgan fingerprint density at radius 3 is 2.27 bits per heavy atom.